The normalized spacial score (nSPS) is 26.8. The van der Waals surface area contributed by atoms with Gasteiger partial charge < -0.3 is 10.0 Å². The zero-order valence-corrected chi connectivity index (χ0v) is 9.55. The highest BCUT2D eigenvalue weighted by Crippen LogP contribution is 2.51. The van der Waals surface area contributed by atoms with Gasteiger partial charge in [0.25, 0.3) is 0 Å². The van der Waals surface area contributed by atoms with Crippen molar-refractivity contribution in [3.63, 3.8) is 0 Å². The molecule has 1 aliphatic carbocycles. The molecule has 1 saturated heterocycles. The van der Waals surface area contributed by atoms with Crippen molar-refractivity contribution < 1.29 is 5.11 Å². The second kappa shape index (κ2) is 3.49. The summed E-state index contributed by atoms with van der Waals surface area (Å²) in [6.45, 7) is 7.43. The molecule has 0 bridgehead atoms. The van der Waals surface area contributed by atoms with Crippen LogP contribution in [-0.4, -0.2) is 35.2 Å². The molecule has 1 N–H and O–H groups in total. The van der Waals surface area contributed by atoms with Crippen molar-refractivity contribution in [1.82, 2.24) is 4.90 Å². The molecular weight excluding hydrogens is 174 g/mol. The van der Waals surface area contributed by atoms with Crippen molar-refractivity contribution in [3.05, 3.63) is 0 Å². The van der Waals surface area contributed by atoms with E-state index < -0.39 is 5.60 Å². The Hall–Kier alpha value is -0.0800. The van der Waals surface area contributed by atoms with Crippen molar-refractivity contribution in [2.24, 2.45) is 5.41 Å². The third-order valence-electron chi connectivity index (χ3n) is 3.74. The molecule has 0 aromatic carbocycles. The van der Waals surface area contributed by atoms with Crippen molar-refractivity contribution in [2.45, 2.75) is 51.6 Å². The van der Waals surface area contributed by atoms with E-state index in [-0.39, 0.29) is 0 Å². The molecule has 2 aliphatic rings. The van der Waals surface area contributed by atoms with E-state index in [0.717, 1.165) is 18.4 Å². The number of hydrogen-bond donors (Lipinski definition) is 1. The van der Waals surface area contributed by atoms with Gasteiger partial charge in [0.15, 0.2) is 0 Å². The summed E-state index contributed by atoms with van der Waals surface area (Å²) in [7, 11) is 0. The van der Waals surface area contributed by atoms with E-state index in [1.807, 2.05) is 13.8 Å². The van der Waals surface area contributed by atoms with Crippen LogP contribution in [0.2, 0.25) is 0 Å². The van der Waals surface area contributed by atoms with Gasteiger partial charge >= 0.3 is 0 Å². The lowest BCUT2D eigenvalue weighted by molar-refractivity contribution is 0.0487. The minimum atomic E-state index is -0.492. The second-order valence-corrected chi connectivity index (χ2v) is 5.94. The summed E-state index contributed by atoms with van der Waals surface area (Å²) in [5.41, 5.74) is 0.228. The minimum Gasteiger partial charge on any atom is -0.390 e. The fraction of sp³-hybridized carbons (Fsp3) is 1.00. The Morgan fingerprint density at radius 1 is 1.29 bits per heavy atom. The van der Waals surface area contributed by atoms with Crippen LogP contribution in [0.1, 0.15) is 46.0 Å². The molecule has 2 heteroatoms. The zero-order valence-electron chi connectivity index (χ0n) is 9.55. The maximum absolute atomic E-state index is 9.67. The van der Waals surface area contributed by atoms with Gasteiger partial charge in [-0.1, -0.05) is 0 Å². The zero-order chi connectivity index (χ0) is 10.2. The summed E-state index contributed by atoms with van der Waals surface area (Å²) in [5.74, 6) is 0. The maximum Gasteiger partial charge on any atom is 0.0603 e. The number of rotatable bonds is 3. The summed E-state index contributed by atoms with van der Waals surface area (Å²) < 4.78 is 0. The molecule has 14 heavy (non-hydrogen) atoms. The molecule has 0 unspecified atom stereocenters. The molecule has 0 aromatic heterocycles. The first-order valence-corrected chi connectivity index (χ1v) is 5.94. The predicted octanol–water partition coefficient (Wildman–Crippen LogP) is 2.02. The monoisotopic (exact) mass is 197 g/mol. The van der Waals surface area contributed by atoms with Crippen molar-refractivity contribution in [2.75, 3.05) is 19.6 Å². The first-order valence-electron chi connectivity index (χ1n) is 5.94. The van der Waals surface area contributed by atoms with Crippen LogP contribution < -0.4 is 0 Å². The van der Waals surface area contributed by atoms with E-state index in [0.29, 0.717) is 0 Å². The number of likely N-dealkylation sites (tertiary alicyclic amines) is 1. The summed E-state index contributed by atoms with van der Waals surface area (Å²) in [5, 5.41) is 9.67. The van der Waals surface area contributed by atoms with Gasteiger partial charge in [-0.25, -0.2) is 0 Å². The quantitative estimate of drug-likeness (QED) is 0.748. The average Bonchev–Trinajstić information content (AvgIpc) is 2.81. The van der Waals surface area contributed by atoms with E-state index in [9.17, 15) is 5.11 Å². The van der Waals surface area contributed by atoms with Crippen LogP contribution in [0.15, 0.2) is 0 Å². The topological polar surface area (TPSA) is 23.5 Å². The lowest BCUT2D eigenvalue weighted by Crippen LogP contribution is -2.39. The molecule has 1 aliphatic heterocycles. The van der Waals surface area contributed by atoms with Gasteiger partial charge in [-0.15, -0.1) is 0 Å². The van der Waals surface area contributed by atoms with E-state index in [1.165, 1.54) is 38.8 Å². The molecule has 0 aromatic rings. The molecule has 0 atom stereocenters. The maximum atomic E-state index is 9.67. The molecule has 0 amide bonds. The number of aliphatic hydroxyl groups is 1. The Bertz CT molecular complexity index is 203. The van der Waals surface area contributed by atoms with Crippen LogP contribution >= 0.6 is 0 Å². The lowest BCUT2D eigenvalue weighted by atomic mass is 9.94. The Kier molecular flexibility index (Phi) is 2.61. The Morgan fingerprint density at radius 3 is 2.57 bits per heavy atom. The van der Waals surface area contributed by atoms with Gasteiger partial charge in [-0.05, 0) is 57.9 Å². The van der Waals surface area contributed by atoms with Crippen LogP contribution in [0.5, 0.6) is 0 Å². The third kappa shape index (κ3) is 2.71. The summed E-state index contributed by atoms with van der Waals surface area (Å²) in [4.78, 5) is 2.55. The molecule has 1 heterocycles. The minimum absolute atomic E-state index is 0.492. The molecule has 2 rings (SSSR count). The fourth-order valence-electron chi connectivity index (χ4n) is 2.52. The SMILES string of the molecule is CC(C)(O)CCN1CCCC2(CC2)C1. The summed E-state index contributed by atoms with van der Waals surface area (Å²) in [6.07, 6.45) is 6.62. The van der Waals surface area contributed by atoms with E-state index in [1.54, 1.807) is 0 Å². The van der Waals surface area contributed by atoms with E-state index >= 15 is 0 Å². The predicted molar refractivity (Wildman–Crippen MR) is 58.3 cm³/mol. The van der Waals surface area contributed by atoms with E-state index in [4.69, 9.17) is 0 Å². The highest BCUT2D eigenvalue weighted by Gasteiger charge is 2.45. The first-order chi connectivity index (χ1) is 6.49. The number of nitrogens with zero attached hydrogens (tertiary/aromatic N) is 1. The fourth-order valence-corrected chi connectivity index (χ4v) is 2.52. The molecule has 1 spiro atoms. The van der Waals surface area contributed by atoms with Crippen LogP contribution in [0, 0.1) is 5.41 Å². The largest absolute Gasteiger partial charge is 0.390 e. The van der Waals surface area contributed by atoms with Gasteiger partial charge in [-0.2, -0.15) is 0 Å². The second-order valence-electron chi connectivity index (χ2n) is 5.94. The molecule has 2 nitrogen and oxygen atoms in total. The third-order valence-corrected chi connectivity index (χ3v) is 3.74. The molecule has 82 valence electrons. The van der Waals surface area contributed by atoms with Crippen LogP contribution in [0.4, 0.5) is 0 Å². The smallest absolute Gasteiger partial charge is 0.0603 e. The van der Waals surface area contributed by atoms with Gasteiger partial charge in [-0.3, -0.25) is 0 Å². The van der Waals surface area contributed by atoms with Gasteiger partial charge in [0.05, 0.1) is 5.60 Å². The van der Waals surface area contributed by atoms with Gasteiger partial charge in [0.1, 0.15) is 0 Å². The van der Waals surface area contributed by atoms with Crippen LogP contribution in [0.25, 0.3) is 0 Å². The molecular formula is C12H23NO. The highest BCUT2D eigenvalue weighted by atomic mass is 16.3. The Balaban J connectivity index is 1.75. The molecule has 0 radical (unpaired) electrons. The van der Waals surface area contributed by atoms with E-state index in [2.05, 4.69) is 4.90 Å². The molecule has 2 fully saturated rings. The molecule has 1 saturated carbocycles. The standard InChI is InChI=1S/C12H23NO/c1-11(2,14)7-9-13-8-3-4-12(10-13)5-6-12/h14H,3-10H2,1-2H3. The van der Waals surface area contributed by atoms with Gasteiger partial charge in [0, 0.05) is 13.1 Å². The van der Waals surface area contributed by atoms with Crippen LogP contribution in [-0.2, 0) is 0 Å². The average molecular weight is 197 g/mol. The first kappa shape index (κ1) is 10.4. The lowest BCUT2D eigenvalue weighted by Gasteiger charge is -2.34. The highest BCUT2D eigenvalue weighted by molar-refractivity contribution is 4.98. The Morgan fingerprint density at radius 2 is 2.00 bits per heavy atom. The van der Waals surface area contributed by atoms with Gasteiger partial charge in [0.2, 0.25) is 0 Å². The van der Waals surface area contributed by atoms with Crippen molar-refractivity contribution in [1.29, 1.82) is 0 Å². The van der Waals surface area contributed by atoms with Crippen molar-refractivity contribution in [3.8, 4) is 0 Å². The summed E-state index contributed by atoms with van der Waals surface area (Å²) >= 11 is 0. The summed E-state index contributed by atoms with van der Waals surface area (Å²) in [6, 6.07) is 0. The Labute approximate surface area is 87.3 Å². The number of hydrogen-bond acceptors (Lipinski definition) is 2. The van der Waals surface area contributed by atoms with Crippen LogP contribution in [0.3, 0.4) is 0 Å². The van der Waals surface area contributed by atoms with Crippen molar-refractivity contribution >= 4 is 0 Å². The number of piperidine rings is 1.